The molecule has 3 aromatic carbocycles. The van der Waals surface area contributed by atoms with Gasteiger partial charge in [-0.3, -0.25) is 9.59 Å². The zero-order valence-electron chi connectivity index (χ0n) is 17.9. The summed E-state index contributed by atoms with van der Waals surface area (Å²) in [5, 5.41) is 5.36. The van der Waals surface area contributed by atoms with Crippen molar-refractivity contribution in [3.05, 3.63) is 77.9 Å². The van der Waals surface area contributed by atoms with Crippen molar-refractivity contribution in [3.8, 4) is 0 Å². The van der Waals surface area contributed by atoms with Crippen molar-refractivity contribution >= 4 is 28.3 Å². The Morgan fingerprint density at radius 1 is 0.900 bits per heavy atom. The highest BCUT2D eigenvalue weighted by atomic mass is 16.2. The number of quaternary nitrogens is 1. The molecular weight excluding hydrogens is 374 g/mol. The van der Waals surface area contributed by atoms with E-state index in [1.54, 1.807) is 23.1 Å². The highest BCUT2D eigenvalue weighted by molar-refractivity contribution is 5.97. The lowest BCUT2D eigenvalue weighted by molar-refractivity contribution is -0.885. The molecule has 0 aliphatic carbocycles. The molecule has 0 bridgehead atoms. The van der Waals surface area contributed by atoms with Crippen LogP contribution >= 0.6 is 0 Å². The number of hydrogen-bond donors (Lipinski definition) is 2. The van der Waals surface area contributed by atoms with Gasteiger partial charge in [-0.2, -0.15) is 0 Å². The molecule has 2 N–H and O–H groups in total. The SMILES string of the molecule is CCN(CC)C(=O)c1cccc(NC(=O)C[NH+](C)Cc2ccc3ccccc3c2)c1. The van der Waals surface area contributed by atoms with Gasteiger partial charge in [-0.25, -0.2) is 0 Å². The molecule has 3 rings (SSSR count). The van der Waals surface area contributed by atoms with Crippen LogP contribution in [0.15, 0.2) is 66.7 Å². The van der Waals surface area contributed by atoms with Crippen LogP contribution in [0.25, 0.3) is 10.8 Å². The van der Waals surface area contributed by atoms with Crippen molar-refractivity contribution in [3.63, 3.8) is 0 Å². The first-order chi connectivity index (χ1) is 14.5. The van der Waals surface area contributed by atoms with Crippen LogP contribution in [0, 0.1) is 0 Å². The van der Waals surface area contributed by atoms with Crippen LogP contribution < -0.4 is 10.2 Å². The Morgan fingerprint density at radius 2 is 1.63 bits per heavy atom. The Morgan fingerprint density at radius 3 is 2.37 bits per heavy atom. The predicted octanol–water partition coefficient (Wildman–Crippen LogP) is 2.98. The zero-order chi connectivity index (χ0) is 21.5. The summed E-state index contributed by atoms with van der Waals surface area (Å²) in [6.45, 7) is 6.35. The van der Waals surface area contributed by atoms with Crippen LogP contribution in [0.3, 0.4) is 0 Å². The van der Waals surface area contributed by atoms with E-state index in [2.05, 4.69) is 35.6 Å². The van der Waals surface area contributed by atoms with Gasteiger partial charge in [0.2, 0.25) is 0 Å². The summed E-state index contributed by atoms with van der Waals surface area (Å²) in [6.07, 6.45) is 0. The van der Waals surface area contributed by atoms with Crippen LogP contribution in [0.4, 0.5) is 5.69 Å². The number of amides is 2. The number of likely N-dealkylation sites (N-methyl/N-ethyl adjacent to an activating group) is 1. The van der Waals surface area contributed by atoms with E-state index in [1.165, 1.54) is 16.3 Å². The number of rotatable bonds is 8. The van der Waals surface area contributed by atoms with Gasteiger partial charge in [0, 0.05) is 29.9 Å². The number of carbonyl (C=O) groups excluding carboxylic acids is 2. The average molecular weight is 405 g/mol. The third kappa shape index (κ3) is 5.45. The molecule has 0 radical (unpaired) electrons. The molecule has 3 aromatic rings. The summed E-state index contributed by atoms with van der Waals surface area (Å²) in [4.78, 5) is 27.9. The van der Waals surface area contributed by atoms with Crippen LogP contribution in [0.2, 0.25) is 0 Å². The largest absolute Gasteiger partial charge is 0.339 e. The first kappa shape index (κ1) is 21.5. The fraction of sp³-hybridized carbons (Fsp3) is 0.280. The Balaban J connectivity index is 1.59. The predicted molar refractivity (Wildman–Crippen MR) is 122 cm³/mol. The van der Waals surface area contributed by atoms with E-state index >= 15 is 0 Å². The van der Waals surface area contributed by atoms with Gasteiger partial charge in [-0.1, -0.05) is 42.5 Å². The molecule has 2 amide bonds. The van der Waals surface area contributed by atoms with E-state index in [4.69, 9.17) is 0 Å². The molecule has 156 valence electrons. The van der Waals surface area contributed by atoms with Crippen molar-refractivity contribution in [2.24, 2.45) is 0 Å². The molecule has 0 aliphatic heterocycles. The topological polar surface area (TPSA) is 53.9 Å². The number of nitrogens with one attached hydrogen (secondary N) is 2. The molecule has 5 heteroatoms. The van der Waals surface area contributed by atoms with Crippen LogP contribution in [-0.4, -0.2) is 43.4 Å². The minimum atomic E-state index is -0.0688. The Labute approximate surface area is 178 Å². The lowest BCUT2D eigenvalue weighted by atomic mass is 10.1. The van der Waals surface area contributed by atoms with E-state index in [0.29, 0.717) is 30.9 Å². The summed E-state index contributed by atoms with van der Waals surface area (Å²) in [5.41, 5.74) is 2.44. The number of anilines is 1. The second kappa shape index (κ2) is 10.0. The molecule has 1 atom stereocenters. The standard InChI is InChI=1S/C25H29N3O2/c1-4-28(5-2)25(30)22-11-8-12-23(16-22)26-24(29)18-27(3)17-19-13-14-20-9-6-7-10-21(20)15-19/h6-16H,4-5,17-18H2,1-3H3,(H,26,29)/p+1. The normalized spacial score (nSPS) is 11.8. The zero-order valence-corrected chi connectivity index (χ0v) is 17.9. The first-order valence-corrected chi connectivity index (χ1v) is 10.5. The van der Waals surface area contributed by atoms with Gasteiger partial charge >= 0.3 is 0 Å². The Bertz CT molecular complexity index is 1030. The summed E-state index contributed by atoms with van der Waals surface area (Å²) in [6, 6.07) is 21.8. The van der Waals surface area contributed by atoms with Crippen molar-refractivity contribution < 1.29 is 14.5 Å². The third-order valence-corrected chi connectivity index (χ3v) is 5.23. The second-order valence-corrected chi connectivity index (χ2v) is 7.60. The molecule has 0 spiro atoms. The summed E-state index contributed by atoms with van der Waals surface area (Å²) >= 11 is 0. The van der Waals surface area contributed by atoms with E-state index in [1.807, 2.05) is 39.1 Å². The smallest absolute Gasteiger partial charge is 0.279 e. The number of hydrogen-bond acceptors (Lipinski definition) is 2. The van der Waals surface area contributed by atoms with Crippen LogP contribution in [-0.2, 0) is 11.3 Å². The van der Waals surface area contributed by atoms with Gasteiger partial charge in [0.15, 0.2) is 6.54 Å². The molecule has 0 aromatic heterocycles. The van der Waals surface area contributed by atoms with Gasteiger partial charge < -0.3 is 15.1 Å². The number of fused-ring (bicyclic) bond motifs is 1. The fourth-order valence-corrected chi connectivity index (χ4v) is 3.66. The maximum atomic E-state index is 12.5. The van der Waals surface area contributed by atoms with Crippen molar-refractivity contribution in [2.75, 3.05) is 32.0 Å². The van der Waals surface area contributed by atoms with Crippen molar-refractivity contribution in [1.29, 1.82) is 0 Å². The number of benzene rings is 3. The minimum absolute atomic E-state index is 0.0184. The molecule has 5 nitrogen and oxygen atoms in total. The number of carbonyl (C=O) groups is 2. The summed E-state index contributed by atoms with van der Waals surface area (Å²) in [7, 11) is 2.01. The molecule has 0 fully saturated rings. The highest BCUT2D eigenvalue weighted by Crippen LogP contribution is 2.15. The monoisotopic (exact) mass is 404 g/mol. The maximum Gasteiger partial charge on any atom is 0.279 e. The average Bonchev–Trinajstić information content (AvgIpc) is 2.74. The maximum absolute atomic E-state index is 12.5. The molecule has 0 aliphatic rings. The second-order valence-electron chi connectivity index (χ2n) is 7.60. The molecule has 1 unspecified atom stereocenters. The highest BCUT2D eigenvalue weighted by Gasteiger charge is 2.15. The quantitative estimate of drug-likeness (QED) is 0.607. The van der Waals surface area contributed by atoms with Gasteiger partial charge in [0.1, 0.15) is 6.54 Å². The fourth-order valence-electron chi connectivity index (χ4n) is 3.66. The molecule has 0 heterocycles. The van der Waals surface area contributed by atoms with E-state index in [0.717, 1.165) is 11.4 Å². The van der Waals surface area contributed by atoms with Gasteiger partial charge in [-0.05, 0) is 48.9 Å². The minimum Gasteiger partial charge on any atom is -0.339 e. The Kier molecular flexibility index (Phi) is 7.20. The third-order valence-electron chi connectivity index (χ3n) is 5.23. The van der Waals surface area contributed by atoms with Crippen LogP contribution in [0.1, 0.15) is 29.8 Å². The van der Waals surface area contributed by atoms with Gasteiger partial charge in [-0.15, -0.1) is 0 Å². The van der Waals surface area contributed by atoms with E-state index < -0.39 is 0 Å². The van der Waals surface area contributed by atoms with Gasteiger partial charge in [0.25, 0.3) is 11.8 Å². The molecule has 0 saturated heterocycles. The van der Waals surface area contributed by atoms with Crippen molar-refractivity contribution in [2.45, 2.75) is 20.4 Å². The Hall–Kier alpha value is -3.18. The lowest BCUT2D eigenvalue weighted by Crippen LogP contribution is -3.08. The molecular formula is C25H30N3O2+. The first-order valence-electron chi connectivity index (χ1n) is 10.5. The molecule has 0 saturated carbocycles. The van der Waals surface area contributed by atoms with Crippen LogP contribution in [0.5, 0.6) is 0 Å². The molecule has 30 heavy (non-hydrogen) atoms. The van der Waals surface area contributed by atoms with Crippen molar-refractivity contribution in [1.82, 2.24) is 4.90 Å². The summed E-state index contributed by atoms with van der Waals surface area (Å²) in [5.74, 6) is -0.0872. The lowest BCUT2D eigenvalue weighted by Gasteiger charge is -2.19. The number of nitrogens with zero attached hydrogens (tertiary/aromatic N) is 1. The van der Waals surface area contributed by atoms with E-state index in [9.17, 15) is 9.59 Å². The van der Waals surface area contributed by atoms with E-state index in [-0.39, 0.29) is 11.8 Å². The summed E-state index contributed by atoms with van der Waals surface area (Å²) < 4.78 is 0. The van der Waals surface area contributed by atoms with Gasteiger partial charge in [0.05, 0.1) is 7.05 Å².